The third-order valence-electron chi connectivity index (χ3n) is 4.23. The largest absolute Gasteiger partial charge is 0.348 e. The Morgan fingerprint density at radius 2 is 1.67 bits per heavy atom. The Bertz CT molecular complexity index is 1090. The van der Waals surface area contributed by atoms with Crippen LogP contribution in [0, 0.1) is 10.1 Å². The third kappa shape index (κ3) is 5.62. The predicted molar refractivity (Wildman–Crippen MR) is 115 cm³/mol. The van der Waals surface area contributed by atoms with Crippen LogP contribution in [0.1, 0.15) is 21.5 Å². The molecule has 0 bridgehead atoms. The minimum Gasteiger partial charge on any atom is -0.348 e. The predicted octanol–water partition coefficient (Wildman–Crippen LogP) is 4.18. The maximum Gasteiger partial charge on any atom is 0.270 e. The smallest absolute Gasteiger partial charge is 0.270 e. The maximum atomic E-state index is 12.6. The molecule has 0 atom stereocenters. The van der Waals surface area contributed by atoms with Crippen LogP contribution in [0.5, 0.6) is 0 Å². The topological polar surface area (TPSA) is 101 Å². The van der Waals surface area contributed by atoms with E-state index in [4.69, 9.17) is 0 Å². The van der Waals surface area contributed by atoms with Crippen molar-refractivity contribution in [1.29, 1.82) is 0 Å². The molecule has 0 unspecified atom stereocenters. The van der Waals surface area contributed by atoms with E-state index in [0.717, 1.165) is 5.56 Å². The van der Waals surface area contributed by atoms with Crippen molar-refractivity contribution in [3.63, 3.8) is 0 Å². The van der Waals surface area contributed by atoms with Crippen LogP contribution in [0.15, 0.2) is 84.9 Å². The zero-order valence-corrected chi connectivity index (χ0v) is 15.9. The van der Waals surface area contributed by atoms with Gasteiger partial charge in [0.05, 0.1) is 16.2 Å². The molecule has 7 heteroatoms. The van der Waals surface area contributed by atoms with Gasteiger partial charge in [-0.2, -0.15) is 0 Å². The van der Waals surface area contributed by atoms with Gasteiger partial charge in [0.15, 0.2) is 0 Å². The Kier molecular flexibility index (Phi) is 6.68. The Morgan fingerprint density at radius 3 is 2.43 bits per heavy atom. The highest BCUT2D eigenvalue weighted by molar-refractivity contribution is 6.07. The van der Waals surface area contributed by atoms with E-state index in [2.05, 4.69) is 10.6 Å². The van der Waals surface area contributed by atoms with E-state index >= 15 is 0 Å². The molecule has 0 radical (unpaired) electrons. The number of nitro benzene ring substituents is 1. The van der Waals surface area contributed by atoms with Gasteiger partial charge in [0.1, 0.15) is 0 Å². The Morgan fingerprint density at radius 1 is 0.933 bits per heavy atom. The first kappa shape index (κ1) is 20.5. The minimum absolute atomic E-state index is 0.0574. The number of hydrogen-bond acceptors (Lipinski definition) is 4. The van der Waals surface area contributed by atoms with E-state index in [1.807, 2.05) is 30.3 Å². The van der Waals surface area contributed by atoms with Crippen molar-refractivity contribution in [3.05, 3.63) is 112 Å². The lowest BCUT2D eigenvalue weighted by Gasteiger charge is -2.10. The lowest BCUT2D eigenvalue weighted by Crippen LogP contribution is -2.24. The monoisotopic (exact) mass is 401 g/mol. The maximum absolute atomic E-state index is 12.6. The zero-order chi connectivity index (χ0) is 21.3. The highest BCUT2D eigenvalue weighted by atomic mass is 16.6. The van der Waals surface area contributed by atoms with Crippen LogP contribution in [0.3, 0.4) is 0 Å². The van der Waals surface area contributed by atoms with E-state index in [-0.39, 0.29) is 11.6 Å². The van der Waals surface area contributed by atoms with E-state index < -0.39 is 10.8 Å². The summed E-state index contributed by atoms with van der Waals surface area (Å²) >= 11 is 0. The average molecular weight is 401 g/mol. The summed E-state index contributed by atoms with van der Waals surface area (Å²) in [6, 6.07) is 22.1. The molecule has 7 nitrogen and oxygen atoms in total. The number of carbonyl (C=O) groups is 2. The highest BCUT2D eigenvalue weighted by Gasteiger charge is 2.12. The molecule has 3 rings (SSSR count). The fourth-order valence-electron chi connectivity index (χ4n) is 2.75. The zero-order valence-electron chi connectivity index (χ0n) is 15.9. The van der Waals surface area contributed by atoms with E-state index in [1.54, 1.807) is 36.4 Å². The van der Waals surface area contributed by atoms with Crippen LogP contribution in [0.2, 0.25) is 0 Å². The number of nitrogens with zero attached hydrogens (tertiary/aromatic N) is 1. The fourth-order valence-corrected chi connectivity index (χ4v) is 2.75. The lowest BCUT2D eigenvalue weighted by atomic mass is 10.1. The molecule has 0 spiro atoms. The summed E-state index contributed by atoms with van der Waals surface area (Å²) in [6.45, 7) is 0.370. The second-order valence-electron chi connectivity index (χ2n) is 6.39. The van der Waals surface area contributed by atoms with Crippen molar-refractivity contribution in [1.82, 2.24) is 5.32 Å². The fraction of sp³-hybridized carbons (Fsp3) is 0.0435. The second-order valence-corrected chi connectivity index (χ2v) is 6.39. The van der Waals surface area contributed by atoms with Gasteiger partial charge in [0, 0.05) is 24.8 Å². The summed E-state index contributed by atoms with van der Waals surface area (Å²) in [4.78, 5) is 35.2. The summed E-state index contributed by atoms with van der Waals surface area (Å²) < 4.78 is 0. The number of nitro groups is 1. The van der Waals surface area contributed by atoms with Crippen LogP contribution in [-0.4, -0.2) is 16.7 Å². The van der Waals surface area contributed by atoms with E-state index in [9.17, 15) is 19.7 Å². The van der Waals surface area contributed by atoms with Gasteiger partial charge in [-0.05, 0) is 29.3 Å². The number of benzene rings is 3. The van der Waals surface area contributed by atoms with Crippen molar-refractivity contribution in [2.75, 3.05) is 5.32 Å². The molecule has 150 valence electrons. The van der Waals surface area contributed by atoms with Gasteiger partial charge < -0.3 is 10.6 Å². The van der Waals surface area contributed by atoms with Crippen molar-refractivity contribution in [2.24, 2.45) is 0 Å². The molecular formula is C23H19N3O4. The molecule has 2 N–H and O–H groups in total. The molecule has 2 amide bonds. The second kappa shape index (κ2) is 9.79. The number of nitrogens with one attached hydrogen (secondary N) is 2. The first-order chi connectivity index (χ1) is 14.5. The van der Waals surface area contributed by atoms with Gasteiger partial charge in [0.25, 0.3) is 11.6 Å². The first-order valence-corrected chi connectivity index (χ1v) is 9.17. The van der Waals surface area contributed by atoms with Crippen LogP contribution in [-0.2, 0) is 11.3 Å². The molecule has 30 heavy (non-hydrogen) atoms. The molecule has 0 aromatic heterocycles. The number of non-ortho nitro benzene ring substituents is 1. The van der Waals surface area contributed by atoms with Crippen molar-refractivity contribution >= 4 is 29.3 Å². The quantitative estimate of drug-likeness (QED) is 0.352. The van der Waals surface area contributed by atoms with Gasteiger partial charge in [-0.3, -0.25) is 19.7 Å². The minimum atomic E-state index is -0.498. The molecular weight excluding hydrogens is 382 g/mol. The van der Waals surface area contributed by atoms with Crippen molar-refractivity contribution in [3.8, 4) is 0 Å². The third-order valence-corrected chi connectivity index (χ3v) is 4.23. The molecule has 0 fully saturated rings. The van der Waals surface area contributed by atoms with Crippen LogP contribution in [0.4, 0.5) is 11.4 Å². The average Bonchev–Trinajstić information content (AvgIpc) is 2.77. The molecule has 0 saturated carbocycles. The molecule has 3 aromatic carbocycles. The van der Waals surface area contributed by atoms with Gasteiger partial charge in [-0.1, -0.05) is 54.6 Å². The van der Waals surface area contributed by atoms with Gasteiger partial charge >= 0.3 is 0 Å². The Labute approximate surface area is 173 Å². The summed E-state index contributed by atoms with van der Waals surface area (Å²) in [7, 11) is 0. The van der Waals surface area contributed by atoms with Crippen molar-refractivity contribution in [2.45, 2.75) is 6.54 Å². The number of hydrogen-bond donors (Lipinski definition) is 2. The van der Waals surface area contributed by atoms with E-state index in [1.165, 1.54) is 24.3 Å². The number of rotatable bonds is 7. The lowest BCUT2D eigenvalue weighted by molar-refractivity contribution is -0.384. The molecule has 0 heterocycles. The van der Waals surface area contributed by atoms with Gasteiger partial charge in [-0.15, -0.1) is 0 Å². The summed E-state index contributed by atoms with van der Waals surface area (Å²) in [5.41, 5.74) is 2.14. The van der Waals surface area contributed by atoms with Crippen molar-refractivity contribution < 1.29 is 14.5 Å². The summed E-state index contributed by atoms with van der Waals surface area (Å²) in [6.07, 6.45) is 2.73. The highest BCUT2D eigenvalue weighted by Crippen LogP contribution is 2.17. The van der Waals surface area contributed by atoms with Crippen LogP contribution >= 0.6 is 0 Å². The molecule has 0 saturated heterocycles. The summed E-state index contributed by atoms with van der Waals surface area (Å²) in [5.74, 6) is -0.762. The first-order valence-electron chi connectivity index (χ1n) is 9.17. The number of para-hydroxylation sites is 1. The molecule has 0 aliphatic heterocycles. The molecule has 0 aliphatic rings. The number of carbonyl (C=O) groups excluding carboxylic acids is 2. The SMILES string of the molecule is O=C(/C=C/c1cccc([N+](=O)[O-])c1)Nc1ccccc1C(=O)NCc1ccccc1. The van der Waals surface area contributed by atoms with Gasteiger partial charge in [0.2, 0.25) is 5.91 Å². The Hall–Kier alpha value is -4.26. The molecule has 0 aliphatic carbocycles. The standard InChI is InChI=1S/C23H19N3O4/c27-22(14-13-17-9-6-10-19(15-17)26(29)30)25-21-12-5-4-11-20(21)23(28)24-16-18-7-2-1-3-8-18/h1-15H,16H2,(H,24,28)(H,25,27)/b14-13+. The van der Waals surface area contributed by atoms with Gasteiger partial charge in [-0.25, -0.2) is 0 Å². The van der Waals surface area contributed by atoms with E-state index in [0.29, 0.717) is 23.4 Å². The Balaban J connectivity index is 1.66. The van der Waals surface area contributed by atoms with Crippen LogP contribution in [0.25, 0.3) is 6.08 Å². The number of anilines is 1. The number of amides is 2. The molecule has 3 aromatic rings. The normalized spacial score (nSPS) is 10.5. The summed E-state index contributed by atoms with van der Waals surface area (Å²) in [5, 5.41) is 16.4. The van der Waals surface area contributed by atoms with Crippen LogP contribution < -0.4 is 10.6 Å².